The molecule has 0 aromatic carbocycles. The van der Waals surface area contributed by atoms with Gasteiger partial charge in [0.25, 0.3) is 5.91 Å². The van der Waals surface area contributed by atoms with Gasteiger partial charge in [0.1, 0.15) is 11.4 Å². The Balaban J connectivity index is 2.03. The summed E-state index contributed by atoms with van der Waals surface area (Å²) in [5, 5.41) is -1.12. The first-order chi connectivity index (χ1) is 11.6. The monoisotopic (exact) mass is 364 g/mol. The smallest absolute Gasteiger partial charge is 0.330 e. The average molecular weight is 364 g/mol. The molecule has 8 heteroatoms. The fourth-order valence-electron chi connectivity index (χ4n) is 3.33. The predicted molar refractivity (Wildman–Crippen MR) is 92.0 cm³/mol. The second-order valence-corrected chi connectivity index (χ2v) is 9.27. The number of β-lactam (4-membered cyclic amide) rings is 1. The molecule has 3 rings (SSSR count). The number of carbonyl (C=O) groups is 2. The first kappa shape index (κ1) is 17.5. The molecule has 134 valence electrons. The van der Waals surface area contributed by atoms with Gasteiger partial charge in [0.2, 0.25) is 0 Å². The van der Waals surface area contributed by atoms with Crippen LogP contribution in [0.5, 0.6) is 0 Å². The molecule has 7 nitrogen and oxygen atoms in total. The van der Waals surface area contributed by atoms with Gasteiger partial charge in [-0.2, -0.15) is 0 Å². The molecule has 1 aromatic heterocycles. The predicted octanol–water partition coefficient (Wildman–Crippen LogP) is 0.882. The Morgan fingerprint density at radius 1 is 1.44 bits per heavy atom. The normalized spacial score (nSPS) is 27.7. The van der Waals surface area contributed by atoms with E-state index in [4.69, 9.17) is 4.74 Å². The SMILES string of the molecule is C=CCOC(=O)[C@@H]1N2C(=O)/C(=C\c3cccn3C)[C@H]2S(=O)(=O)C1(C)C. The molecule has 3 heterocycles. The minimum Gasteiger partial charge on any atom is -0.460 e. The van der Waals surface area contributed by atoms with Crippen molar-refractivity contribution in [3.05, 3.63) is 42.3 Å². The zero-order valence-electron chi connectivity index (χ0n) is 14.3. The van der Waals surface area contributed by atoms with Crippen molar-refractivity contribution in [1.82, 2.24) is 9.47 Å². The van der Waals surface area contributed by atoms with E-state index in [1.54, 1.807) is 36.0 Å². The molecule has 2 aliphatic rings. The lowest BCUT2D eigenvalue weighted by Crippen LogP contribution is -2.59. The summed E-state index contributed by atoms with van der Waals surface area (Å²) in [6.07, 6.45) is 4.76. The maximum atomic E-state index is 13.0. The number of rotatable bonds is 4. The zero-order valence-corrected chi connectivity index (χ0v) is 15.1. The third-order valence-electron chi connectivity index (χ3n) is 4.82. The number of aryl methyl sites for hydroxylation is 1. The fourth-order valence-corrected chi connectivity index (χ4v) is 5.44. The summed E-state index contributed by atoms with van der Waals surface area (Å²) < 4.78 is 31.3. The van der Waals surface area contributed by atoms with E-state index in [9.17, 15) is 18.0 Å². The average Bonchev–Trinajstić information content (AvgIpc) is 3.00. The molecule has 0 spiro atoms. The maximum Gasteiger partial charge on any atom is 0.330 e. The van der Waals surface area contributed by atoms with E-state index in [0.717, 1.165) is 4.90 Å². The van der Waals surface area contributed by atoms with Crippen molar-refractivity contribution in [3.63, 3.8) is 0 Å². The molecular formula is C17H20N2O5S. The number of fused-ring (bicyclic) bond motifs is 1. The molecule has 0 aliphatic carbocycles. The highest BCUT2D eigenvalue weighted by atomic mass is 32.2. The summed E-state index contributed by atoms with van der Waals surface area (Å²) in [5.74, 6) is -1.19. The Morgan fingerprint density at radius 3 is 2.68 bits per heavy atom. The van der Waals surface area contributed by atoms with Crippen molar-refractivity contribution >= 4 is 27.8 Å². The van der Waals surface area contributed by atoms with E-state index in [2.05, 4.69) is 6.58 Å². The molecule has 1 amide bonds. The Bertz CT molecular complexity index is 894. The second-order valence-electron chi connectivity index (χ2n) is 6.68. The van der Waals surface area contributed by atoms with Gasteiger partial charge in [0.15, 0.2) is 21.3 Å². The van der Waals surface area contributed by atoms with Gasteiger partial charge >= 0.3 is 5.97 Å². The molecule has 25 heavy (non-hydrogen) atoms. The van der Waals surface area contributed by atoms with Gasteiger partial charge in [-0.1, -0.05) is 12.7 Å². The van der Waals surface area contributed by atoms with Gasteiger partial charge in [-0.15, -0.1) is 0 Å². The molecular weight excluding hydrogens is 344 g/mol. The Kier molecular flexibility index (Phi) is 3.90. The van der Waals surface area contributed by atoms with Gasteiger partial charge in [-0.3, -0.25) is 4.79 Å². The molecule has 2 aliphatic heterocycles. The van der Waals surface area contributed by atoms with E-state index in [-0.39, 0.29) is 12.2 Å². The molecule has 2 fully saturated rings. The maximum absolute atomic E-state index is 13.0. The van der Waals surface area contributed by atoms with Crippen LogP contribution in [-0.4, -0.2) is 52.5 Å². The van der Waals surface area contributed by atoms with Crippen molar-refractivity contribution < 1.29 is 22.7 Å². The molecule has 0 radical (unpaired) electrons. The number of esters is 1. The van der Waals surface area contributed by atoms with E-state index < -0.39 is 37.9 Å². The van der Waals surface area contributed by atoms with E-state index in [1.165, 1.54) is 19.9 Å². The molecule has 0 unspecified atom stereocenters. The summed E-state index contributed by atoms with van der Waals surface area (Å²) >= 11 is 0. The molecule has 1 aromatic rings. The third-order valence-corrected chi connectivity index (χ3v) is 7.58. The molecule has 2 saturated heterocycles. The largest absolute Gasteiger partial charge is 0.460 e. The fraction of sp³-hybridized carbons (Fsp3) is 0.412. The number of sulfone groups is 1. The van der Waals surface area contributed by atoms with Crippen LogP contribution in [0.4, 0.5) is 0 Å². The standard InChI is InChI=1S/C17H20N2O5S/c1-5-9-24-16(21)13-17(2,3)25(22,23)15-12(14(20)19(13)15)10-11-7-6-8-18(11)4/h5-8,10,13,15H,1,9H2,2-4H3/b12-10+/t13-,15+/m0/s1. The van der Waals surface area contributed by atoms with Gasteiger partial charge in [-0.05, 0) is 32.1 Å². The Hall–Kier alpha value is -2.35. The second kappa shape index (κ2) is 5.59. The molecule has 0 bridgehead atoms. The number of ether oxygens (including phenoxy) is 1. The lowest BCUT2D eigenvalue weighted by molar-refractivity contribution is -0.156. The number of amides is 1. The zero-order chi connectivity index (χ0) is 18.6. The lowest BCUT2D eigenvalue weighted by atomic mass is 9.95. The molecule has 0 N–H and O–H groups in total. The van der Waals surface area contributed by atoms with E-state index >= 15 is 0 Å². The summed E-state index contributed by atoms with van der Waals surface area (Å²) in [6, 6.07) is 2.42. The van der Waals surface area contributed by atoms with E-state index in [0.29, 0.717) is 5.69 Å². The number of nitrogens with zero attached hydrogens (tertiary/aromatic N) is 2. The third kappa shape index (κ3) is 2.27. The number of aromatic nitrogens is 1. The van der Waals surface area contributed by atoms with Crippen LogP contribution in [0, 0.1) is 0 Å². The van der Waals surface area contributed by atoms with Crippen molar-refractivity contribution in [2.75, 3.05) is 6.61 Å². The summed E-state index contributed by atoms with van der Waals surface area (Å²) in [7, 11) is -1.98. The minimum absolute atomic E-state index is 0.0375. The minimum atomic E-state index is -3.78. The lowest BCUT2D eigenvalue weighted by Gasteiger charge is -2.38. The van der Waals surface area contributed by atoms with Crippen molar-refractivity contribution in [2.24, 2.45) is 7.05 Å². The van der Waals surface area contributed by atoms with Crippen molar-refractivity contribution in [3.8, 4) is 0 Å². The highest BCUT2D eigenvalue weighted by molar-refractivity contribution is 7.94. The number of hydrogen-bond acceptors (Lipinski definition) is 5. The molecule has 2 atom stereocenters. The number of hydrogen-bond donors (Lipinski definition) is 0. The van der Waals surface area contributed by atoms with Crippen molar-refractivity contribution in [2.45, 2.75) is 30.0 Å². The van der Waals surface area contributed by atoms with Gasteiger partial charge < -0.3 is 14.2 Å². The van der Waals surface area contributed by atoms with Crippen molar-refractivity contribution in [1.29, 1.82) is 0 Å². The van der Waals surface area contributed by atoms with Gasteiger partial charge in [0, 0.05) is 18.9 Å². The highest BCUT2D eigenvalue weighted by Gasteiger charge is 2.70. The highest BCUT2D eigenvalue weighted by Crippen LogP contribution is 2.49. The Labute approximate surface area is 146 Å². The van der Waals surface area contributed by atoms with Crippen LogP contribution in [0.3, 0.4) is 0 Å². The van der Waals surface area contributed by atoms with Gasteiger partial charge in [-0.25, -0.2) is 13.2 Å². The first-order valence-corrected chi connectivity index (χ1v) is 9.35. The summed E-state index contributed by atoms with van der Waals surface area (Å²) in [5.41, 5.74) is 0.891. The van der Waals surface area contributed by atoms with Crippen LogP contribution in [0.15, 0.2) is 36.6 Å². The quantitative estimate of drug-likeness (QED) is 0.343. The first-order valence-electron chi connectivity index (χ1n) is 7.81. The van der Waals surface area contributed by atoms with Crippen LogP contribution < -0.4 is 0 Å². The Morgan fingerprint density at radius 2 is 2.12 bits per heavy atom. The summed E-state index contributed by atoms with van der Waals surface area (Å²) in [6.45, 7) is 6.33. The van der Waals surface area contributed by atoms with Crippen LogP contribution in [-0.2, 0) is 31.2 Å². The van der Waals surface area contributed by atoms with Crippen LogP contribution in [0.2, 0.25) is 0 Å². The summed E-state index contributed by atoms with van der Waals surface area (Å²) in [4.78, 5) is 26.1. The van der Waals surface area contributed by atoms with Gasteiger partial charge in [0.05, 0.1) is 5.57 Å². The van der Waals surface area contributed by atoms with E-state index in [1.807, 2.05) is 0 Å². The topological polar surface area (TPSA) is 85.7 Å². The van der Waals surface area contributed by atoms with Crippen LogP contribution >= 0.6 is 0 Å². The molecule has 0 saturated carbocycles. The number of carbonyl (C=O) groups excluding carboxylic acids is 2. The van der Waals surface area contributed by atoms with Crippen LogP contribution in [0.25, 0.3) is 6.08 Å². The van der Waals surface area contributed by atoms with Crippen LogP contribution in [0.1, 0.15) is 19.5 Å².